The third kappa shape index (κ3) is 4.64. The summed E-state index contributed by atoms with van der Waals surface area (Å²) in [6.07, 6.45) is 1.49. The predicted octanol–water partition coefficient (Wildman–Crippen LogP) is 4.24. The van der Waals surface area contributed by atoms with Crippen molar-refractivity contribution in [2.75, 3.05) is 14.2 Å². The van der Waals surface area contributed by atoms with E-state index >= 15 is 0 Å². The number of thiazole rings is 1. The van der Waals surface area contributed by atoms with Crippen molar-refractivity contribution in [3.8, 4) is 22.1 Å². The Balaban J connectivity index is 1.65. The molecule has 0 radical (unpaired) electrons. The van der Waals surface area contributed by atoms with Crippen molar-refractivity contribution in [1.29, 1.82) is 0 Å². The minimum Gasteiger partial charge on any atom is -0.493 e. The molecular weight excluding hydrogens is 386 g/mol. The van der Waals surface area contributed by atoms with Crippen molar-refractivity contribution in [1.82, 2.24) is 10.4 Å². The summed E-state index contributed by atoms with van der Waals surface area (Å²) in [6, 6.07) is 12.3. The molecule has 138 valence electrons. The van der Waals surface area contributed by atoms with Crippen LogP contribution in [-0.4, -0.2) is 31.3 Å². The monoisotopic (exact) mass is 401 g/mol. The minimum atomic E-state index is -0.361. The summed E-state index contributed by atoms with van der Waals surface area (Å²) in [5, 5.41) is 7.34. The van der Waals surface area contributed by atoms with E-state index in [9.17, 15) is 4.79 Å². The summed E-state index contributed by atoms with van der Waals surface area (Å²) in [5.41, 5.74) is 4.50. The molecule has 1 aromatic heterocycles. The number of hydrazone groups is 1. The molecule has 0 unspecified atom stereocenters. The number of halogens is 1. The van der Waals surface area contributed by atoms with E-state index < -0.39 is 0 Å². The Morgan fingerprint density at radius 1 is 1.15 bits per heavy atom. The van der Waals surface area contributed by atoms with Crippen molar-refractivity contribution < 1.29 is 14.3 Å². The van der Waals surface area contributed by atoms with Gasteiger partial charge in [0.15, 0.2) is 11.5 Å². The molecule has 0 atom stereocenters. The summed E-state index contributed by atoms with van der Waals surface area (Å²) < 4.78 is 10.3. The average molecular weight is 402 g/mol. The number of carbonyl (C=O) groups is 1. The third-order valence-corrected chi connectivity index (χ3v) is 4.78. The van der Waals surface area contributed by atoms with Gasteiger partial charge in [-0.3, -0.25) is 4.79 Å². The van der Waals surface area contributed by atoms with Crippen molar-refractivity contribution in [2.45, 2.75) is 0 Å². The first-order chi connectivity index (χ1) is 13.1. The lowest BCUT2D eigenvalue weighted by Crippen LogP contribution is -2.17. The number of amides is 1. The SMILES string of the molecule is COc1ccc(C(=O)N/N=C\c2csc(-c3ccc(Cl)cc3)n2)cc1OC. The Labute approximate surface area is 165 Å². The van der Waals surface area contributed by atoms with Crippen LogP contribution in [0.2, 0.25) is 5.02 Å². The second-order valence-electron chi connectivity index (χ2n) is 5.35. The lowest BCUT2D eigenvalue weighted by molar-refractivity contribution is 0.0954. The van der Waals surface area contributed by atoms with Gasteiger partial charge in [-0.25, -0.2) is 10.4 Å². The van der Waals surface area contributed by atoms with Crippen LogP contribution >= 0.6 is 22.9 Å². The molecule has 1 heterocycles. The summed E-state index contributed by atoms with van der Waals surface area (Å²) in [4.78, 5) is 16.7. The maximum Gasteiger partial charge on any atom is 0.271 e. The highest BCUT2D eigenvalue weighted by Crippen LogP contribution is 2.27. The van der Waals surface area contributed by atoms with E-state index in [0.29, 0.717) is 27.8 Å². The molecule has 1 N–H and O–H groups in total. The van der Waals surface area contributed by atoms with Gasteiger partial charge in [-0.15, -0.1) is 11.3 Å². The molecule has 2 aromatic carbocycles. The smallest absolute Gasteiger partial charge is 0.271 e. The number of methoxy groups -OCH3 is 2. The number of carbonyl (C=O) groups excluding carboxylic acids is 1. The minimum absolute atomic E-state index is 0.361. The first-order valence-corrected chi connectivity index (χ1v) is 9.13. The van der Waals surface area contributed by atoms with Gasteiger partial charge in [-0.2, -0.15) is 5.10 Å². The molecule has 3 rings (SSSR count). The van der Waals surface area contributed by atoms with Gasteiger partial charge in [0.1, 0.15) is 5.01 Å². The number of hydrogen-bond donors (Lipinski definition) is 1. The molecule has 0 bridgehead atoms. The number of benzene rings is 2. The summed E-state index contributed by atoms with van der Waals surface area (Å²) in [7, 11) is 3.05. The predicted molar refractivity (Wildman–Crippen MR) is 107 cm³/mol. The van der Waals surface area contributed by atoms with Crippen LogP contribution in [0.5, 0.6) is 11.5 Å². The zero-order valence-corrected chi connectivity index (χ0v) is 16.2. The summed E-state index contributed by atoms with van der Waals surface area (Å²) >= 11 is 7.38. The Bertz CT molecular complexity index is 971. The van der Waals surface area contributed by atoms with E-state index in [1.54, 1.807) is 18.2 Å². The first-order valence-electron chi connectivity index (χ1n) is 7.87. The maximum absolute atomic E-state index is 12.2. The molecular formula is C19H16ClN3O3S. The highest BCUT2D eigenvalue weighted by molar-refractivity contribution is 7.13. The van der Waals surface area contributed by atoms with Crippen molar-refractivity contribution in [2.24, 2.45) is 5.10 Å². The van der Waals surface area contributed by atoms with E-state index in [1.165, 1.54) is 31.8 Å². The zero-order chi connectivity index (χ0) is 19.2. The number of hydrogen-bond acceptors (Lipinski definition) is 6. The Hall–Kier alpha value is -2.90. The van der Waals surface area contributed by atoms with E-state index in [1.807, 2.05) is 29.6 Å². The van der Waals surface area contributed by atoms with Crippen LogP contribution in [0, 0.1) is 0 Å². The number of rotatable bonds is 6. The molecule has 8 heteroatoms. The quantitative estimate of drug-likeness (QED) is 0.495. The van der Waals surface area contributed by atoms with Gasteiger partial charge < -0.3 is 9.47 Å². The third-order valence-electron chi connectivity index (χ3n) is 3.62. The molecule has 27 heavy (non-hydrogen) atoms. The molecule has 0 saturated carbocycles. The first kappa shape index (κ1) is 18.9. The standard InChI is InChI=1S/C19H16ClN3O3S/c1-25-16-8-5-13(9-17(16)26-2)18(24)23-21-10-15-11-27-19(22-15)12-3-6-14(20)7-4-12/h3-11H,1-2H3,(H,23,24)/b21-10-. The van der Waals surface area contributed by atoms with Crippen LogP contribution in [0.4, 0.5) is 0 Å². The van der Waals surface area contributed by atoms with Crippen LogP contribution in [0.1, 0.15) is 16.1 Å². The van der Waals surface area contributed by atoms with Crippen LogP contribution in [0.15, 0.2) is 52.9 Å². The fraction of sp³-hybridized carbons (Fsp3) is 0.105. The molecule has 0 saturated heterocycles. The number of aromatic nitrogens is 1. The normalized spacial score (nSPS) is 10.8. The van der Waals surface area contributed by atoms with Gasteiger partial charge in [0, 0.05) is 21.5 Å². The van der Waals surface area contributed by atoms with E-state index in [4.69, 9.17) is 21.1 Å². The van der Waals surface area contributed by atoms with Crippen LogP contribution in [-0.2, 0) is 0 Å². The van der Waals surface area contributed by atoms with Crippen molar-refractivity contribution in [3.05, 3.63) is 64.1 Å². The number of nitrogens with zero attached hydrogens (tertiary/aromatic N) is 2. The van der Waals surface area contributed by atoms with Crippen LogP contribution in [0.25, 0.3) is 10.6 Å². The topological polar surface area (TPSA) is 72.8 Å². The number of nitrogens with one attached hydrogen (secondary N) is 1. The molecule has 1 amide bonds. The summed E-state index contributed by atoms with van der Waals surface area (Å²) in [5.74, 6) is 0.663. The van der Waals surface area contributed by atoms with E-state index in [-0.39, 0.29) is 5.91 Å². The second-order valence-corrected chi connectivity index (χ2v) is 6.65. The van der Waals surface area contributed by atoms with Crippen LogP contribution < -0.4 is 14.9 Å². The molecule has 6 nitrogen and oxygen atoms in total. The maximum atomic E-state index is 12.2. The zero-order valence-electron chi connectivity index (χ0n) is 14.6. The van der Waals surface area contributed by atoms with Gasteiger partial charge in [-0.1, -0.05) is 23.7 Å². The van der Waals surface area contributed by atoms with Gasteiger partial charge in [-0.05, 0) is 30.3 Å². The Morgan fingerprint density at radius 3 is 2.59 bits per heavy atom. The lowest BCUT2D eigenvalue weighted by atomic mass is 10.2. The Kier molecular flexibility index (Phi) is 6.05. The molecule has 0 aliphatic carbocycles. The molecule has 0 aliphatic heterocycles. The van der Waals surface area contributed by atoms with Crippen molar-refractivity contribution in [3.63, 3.8) is 0 Å². The highest BCUT2D eigenvalue weighted by atomic mass is 35.5. The molecule has 3 aromatic rings. The van der Waals surface area contributed by atoms with Gasteiger partial charge in [0.2, 0.25) is 0 Å². The fourth-order valence-electron chi connectivity index (χ4n) is 2.27. The van der Waals surface area contributed by atoms with Gasteiger partial charge >= 0.3 is 0 Å². The van der Waals surface area contributed by atoms with Crippen molar-refractivity contribution >= 4 is 35.1 Å². The average Bonchev–Trinajstić information content (AvgIpc) is 3.16. The number of ether oxygens (including phenoxy) is 2. The van der Waals surface area contributed by atoms with E-state index in [2.05, 4.69) is 15.5 Å². The second kappa shape index (κ2) is 8.66. The fourth-order valence-corrected chi connectivity index (χ4v) is 3.17. The molecule has 0 spiro atoms. The van der Waals surface area contributed by atoms with Gasteiger partial charge in [0.05, 0.1) is 26.1 Å². The Morgan fingerprint density at radius 2 is 1.89 bits per heavy atom. The lowest BCUT2D eigenvalue weighted by Gasteiger charge is -2.08. The summed E-state index contributed by atoms with van der Waals surface area (Å²) in [6.45, 7) is 0. The molecule has 0 aliphatic rings. The largest absolute Gasteiger partial charge is 0.493 e. The highest BCUT2D eigenvalue weighted by Gasteiger charge is 2.10. The molecule has 0 fully saturated rings. The van der Waals surface area contributed by atoms with E-state index in [0.717, 1.165) is 10.6 Å². The van der Waals surface area contributed by atoms with Gasteiger partial charge in [0.25, 0.3) is 5.91 Å². The van der Waals surface area contributed by atoms with Crippen LogP contribution in [0.3, 0.4) is 0 Å².